The molecule has 18 heavy (non-hydrogen) atoms. The van der Waals surface area contributed by atoms with Crippen molar-refractivity contribution in [2.45, 2.75) is 0 Å². The van der Waals surface area contributed by atoms with Crippen molar-refractivity contribution in [3.8, 4) is 0 Å². The maximum Gasteiger partial charge on any atom is -0.00923 e. The summed E-state index contributed by atoms with van der Waals surface area (Å²) < 4.78 is 0. The summed E-state index contributed by atoms with van der Waals surface area (Å²) in [5, 5.41) is 7.48. The van der Waals surface area contributed by atoms with Crippen LogP contribution < -0.4 is 0 Å². The molecular weight excluding hydrogens is 216 g/mol. The van der Waals surface area contributed by atoms with Gasteiger partial charge in [-0.2, -0.15) is 0 Å². The summed E-state index contributed by atoms with van der Waals surface area (Å²) in [7, 11) is 0. The average molecular weight is 226 g/mol. The van der Waals surface area contributed by atoms with E-state index in [-0.39, 0.29) is 0 Å². The Bertz CT molecular complexity index is 797. The Morgan fingerprint density at radius 3 is 2.61 bits per heavy atom. The molecule has 0 fully saturated rings. The van der Waals surface area contributed by atoms with Crippen LogP contribution in [-0.4, -0.2) is 0 Å². The third kappa shape index (κ3) is 1.26. The second-order valence-electron chi connectivity index (χ2n) is 4.51. The molecular formula is C18H10. The topological polar surface area (TPSA) is 0 Å². The number of hydrogen-bond acceptors (Lipinski definition) is 0. The van der Waals surface area contributed by atoms with E-state index >= 15 is 0 Å². The highest BCUT2D eigenvalue weighted by atomic mass is 14.1. The fourth-order valence-electron chi connectivity index (χ4n) is 2.62. The summed E-state index contributed by atoms with van der Waals surface area (Å²) in [5.74, 6) is 0. The lowest BCUT2D eigenvalue weighted by Crippen LogP contribution is -1.80. The van der Waals surface area contributed by atoms with E-state index in [1.807, 2.05) is 12.1 Å². The van der Waals surface area contributed by atoms with Crippen molar-refractivity contribution >= 4 is 32.3 Å². The molecule has 0 aliphatic carbocycles. The predicted molar refractivity (Wildman–Crippen MR) is 76.6 cm³/mol. The van der Waals surface area contributed by atoms with Crippen LogP contribution in [0.2, 0.25) is 0 Å². The smallest absolute Gasteiger partial charge is 0.00923 e. The van der Waals surface area contributed by atoms with Crippen molar-refractivity contribution in [3.05, 3.63) is 72.8 Å². The second-order valence-corrected chi connectivity index (χ2v) is 4.51. The first-order chi connectivity index (χ1) is 8.93. The molecule has 0 heterocycles. The summed E-state index contributed by atoms with van der Waals surface area (Å²) in [6, 6.07) is 27.5. The van der Waals surface area contributed by atoms with Crippen LogP contribution in [0.5, 0.6) is 0 Å². The molecule has 0 saturated heterocycles. The van der Waals surface area contributed by atoms with E-state index in [2.05, 4.69) is 60.7 Å². The zero-order chi connectivity index (χ0) is 11.9. The summed E-state index contributed by atoms with van der Waals surface area (Å²) in [6.45, 7) is 0. The number of rotatable bonds is 0. The molecule has 0 nitrogen and oxygen atoms in total. The van der Waals surface area contributed by atoms with Crippen LogP contribution in [0.4, 0.5) is 0 Å². The third-order valence-electron chi connectivity index (χ3n) is 3.50. The van der Waals surface area contributed by atoms with Crippen LogP contribution in [0.15, 0.2) is 60.7 Å². The lowest BCUT2D eigenvalue weighted by Gasteiger charge is -2.06. The van der Waals surface area contributed by atoms with E-state index in [9.17, 15) is 0 Å². The Kier molecular flexibility index (Phi) is 1.92. The van der Waals surface area contributed by atoms with Crippen molar-refractivity contribution in [1.82, 2.24) is 0 Å². The molecule has 0 unspecified atom stereocenters. The molecule has 0 aromatic heterocycles. The van der Waals surface area contributed by atoms with Crippen LogP contribution in [0.1, 0.15) is 0 Å². The van der Waals surface area contributed by atoms with Crippen LogP contribution in [0.25, 0.3) is 32.3 Å². The van der Waals surface area contributed by atoms with Gasteiger partial charge in [0.1, 0.15) is 0 Å². The standard InChI is InChI=1S/C18H10/c1-3-7-15-13(5-1)9-11-18-16-8-4-2-6-14(16)10-12-17(15)18/h1-3,5-9,11-12H. The van der Waals surface area contributed by atoms with Gasteiger partial charge in [0.05, 0.1) is 0 Å². The second kappa shape index (κ2) is 3.58. The molecule has 4 aromatic rings. The maximum atomic E-state index is 3.37. The van der Waals surface area contributed by atoms with Crippen LogP contribution in [-0.2, 0) is 0 Å². The zero-order valence-corrected chi connectivity index (χ0v) is 9.77. The molecule has 4 aromatic carbocycles. The van der Waals surface area contributed by atoms with E-state index in [1.54, 1.807) is 0 Å². The lowest BCUT2D eigenvalue weighted by atomic mass is 9.97. The molecule has 82 valence electrons. The summed E-state index contributed by atoms with van der Waals surface area (Å²) in [4.78, 5) is 0. The van der Waals surface area contributed by atoms with Gasteiger partial charge in [-0.05, 0) is 56.6 Å². The van der Waals surface area contributed by atoms with Gasteiger partial charge in [0.25, 0.3) is 0 Å². The first kappa shape index (κ1) is 9.67. The Labute approximate surface area is 105 Å². The molecule has 0 amide bonds. The monoisotopic (exact) mass is 226 g/mol. The number of benzene rings is 4. The molecule has 4 rings (SSSR count). The zero-order valence-electron chi connectivity index (χ0n) is 9.77. The van der Waals surface area contributed by atoms with Crippen LogP contribution >= 0.6 is 0 Å². The molecule has 0 heteroatoms. The molecule has 0 aliphatic heterocycles. The average Bonchev–Trinajstić information content (AvgIpc) is 2.46. The molecule has 2 radical (unpaired) electrons. The van der Waals surface area contributed by atoms with Gasteiger partial charge in [-0.3, -0.25) is 0 Å². The van der Waals surface area contributed by atoms with E-state index in [0.717, 1.165) is 5.39 Å². The largest absolute Gasteiger partial charge is 0.0616 e. The third-order valence-corrected chi connectivity index (χ3v) is 3.50. The Balaban J connectivity index is 2.31. The molecule has 0 saturated carbocycles. The first-order valence-electron chi connectivity index (χ1n) is 6.05. The van der Waals surface area contributed by atoms with Gasteiger partial charge < -0.3 is 0 Å². The maximum absolute atomic E-state index is 3.37. The first-order valence-corrected chi connectivity index (χ1v) is 6.05. The van der Waals surface area contributed by atoms with Gasteiger partial charge >= 0.3 is 0 Å². The van der Waals surface area contributed by atoms with E-state index in [1.165, 1.54) is 26.9 Å². The SMILES string of the molecule is [c]1ccc2[c]cc3c4ccccc4ccc3c2c1. The Hall–Kier alpha value is -2.34. The van der Waals surface area contributed by atoms with Crippen LogP contribution in [0.3, 0.4) is 0 Å². The minimum absolute atomic E-state index is 1.15. The lowest BCUT2D eigenvalue weighted by molar-refractivity contribution is 1.76. The molecule has 0 N–H and O–H groups in total. The number of hydrogen-bond donors (Lipinski definition) is 0. The molecule has 0 spiro atoms. The normalized spacial score (nSPS) is 11.3. The highest BCUT2D eigenvalue weighted by Gasteiger charge is 2.03. The van der Waals surface area contributed by atoms with E-state index in [0.29, 0.717) is 0 Å². The summed E-state index contributed by atoms with van der Waals surface area (Å²) >= 11 is 0. The Morgan fingerprint density at radius 1 is 0.667 bits per heavy atom. The fraction of sp³-hybridized carbons (Fsp3) is 0. The summed E-state index contributed by atoms with van der Waals surface area (Å²) in [6.07, 6.45) is 0. The van der Waals surface area contributed by atoms with E-state index in [4.69, 9.17) is 0 Å². The minimum Gasteiger partial charge on any atom is -0.0616 e. The van der Waals surface area contributed by atoms with Crippen molar-refractivity contribution < 1.29 is 0 Å². The summed E-state index contributed by atoms with van der Waals surface area (Å²) in [5.41, 5.74) is 0. The van der Waals surface area contributed by atoms with Gasteiger partial charge in [-0.1, -0.05) is 48.5 Å². The van der Waals surface area contributed by atoms with Gasteiger partial charge in [-0.25, -0.2) is 0 Å². The van der Waals surface area contributed by atoms with Gasteiger partial charge in [0.2, 0.25) is 0 Å². The van der Waals surface area contributed by atoms with Gasteiger partial charge in [0, 0.05) is 0 Å². The van der Waals surface area contributed by atoms with Gasteiger partial charge in [0.15, 0.2) is 0 Å². The Morgan fingerprint density at radius 2 is 1.61 bits per heavy atom. The van der Waals surface area contributed by atoms with E-state index < -0.39 is 0 Å². The van der Waals surface area contributed by atoms with Crippen molar-refractivity contribution in [1.29, 1.82) is 0 Å². The van der Waals surface area contributed by atoms with Gasteiger partial charge in [-0.15, -0.1) is 0 Å². The highest BCUT2D eigenvalue weighted by molar-refractivity contribution is 6.16. The minimum atomic E-state index is 1.15. The number of fused-ring (bicyclic) bond motifs is 5. The fourth-order valence-corrected chi connectivity index (χ4v) is 2.62. The molecule has 0 atom stereocenters. The van der Waals surface area contributed by atoms with Crippen LogP contribution in [0, 0.1) is 12.1 Å². The van der Waals surface area contributed by atoms with Crippen molar-refractivity contribution in [2.75, 3.05) is 0 Å². The van der Waals surface area contributed by atoms with Crippen molar-refractivity contribution in [2.24, 2.45) is 0 Å². The predicted octanol–water partition coefficient (Wildman–Crippen LogP) is 4.75. The van der Waals surface area contributed by atoms with Crippen molar-refractivity contribution in [3.63, 3.8) is 0 Å². The highest BCUT2D eigenvalue weighted by Crippen LogP contribution is 2.30. The molecule has 0 bridgehead atoms. The molecule has 0 aliphatic rings. The quantitative estimate of drug-likeness (QED) is 0.380.